The molecule has 2 aromatic heterocycles. The van der Waals surface area contributed by atoms with E-state index in [-0.39, 0.29) is 6.61 Å². The van der Waals surface area contributed by atoms with E-state index in [4.69, 9.17) is 5.11 Å². The zero-order valence-corrected chi connectivity index (χ0v) is 8.91. The molecule has 17 heavy (non-hydrogen) atoms. The minimum absolute atomic E-state index is 0.0664. The van der Waals surface area contributed by atoms with Gasteiger partial charge < -0.3 is 5.11 Å². The number of rotatable bonds is 3. The fourth-order valence-corrected chi connectivity index (χ4v) is 1.75. The molecule has 0 aromatic carbocycles. The second-order valence-electron chi connectivity index (χ2n) is 3.67. The average Bonchev–Trinajstić information content (AvgIpc) is 2.68. The summed E-state index contributed by atoms with van der Waals surface area (Å²) in [4.78, 5) is 3.96. The van der Waals surface area contributed by atoms with Crippen molar-refractivity contribution in [1.82, 2.24) is 9.38 Å². The number of fused-ring (bicyclic) bond motifs is 1. The van der Waals surface area contributed by atoms with Gasteiger partial charge in [-0.05, 0) is 18.6 Å². The van der Waals surface area contributed by atoms with Crippen LogP contribution in [0.2, 0.25) is 0 Å². The number of aryl methyl sites for hydroxylation is 1. The maximum absolute atomic E-state index is 12.8. The van der Waals surface area contributed by atoms with E-state index in [9.17, 15) is 13.2 Å². The molecule has 0 spiro atoms. The standard InChI is InChI=1S/C11H11F3N2O/c12-11(13,14)9-4-1-3-8-7-15-10(16(8)9)5-2-6-17/h1,3-4,7,17H,2,5-6H2. The van der Waals surface area contributed by atoms with Crippen molar-refractivity contribution in [1.29, 1.82) is 0 Å². The molecule has 0 amide bonds. The first-order valence-electron chi connectivity index (χ1n) is 5.17. The second-order valence-corrected chi connectivity index (χ2v) is 3.67. The van der Waals surface area contributed by atoms with Gasteiger partial charge >= 0.3 is 6.18 Å². The number of hydrogen-bond donors (Lipinski definition) is 1. The molecule has 1 N–H and O–H groups in total. The zero-order valence-electron chi connectivity index (χ0n) is 8.91. The lowest BCUT2D eigenvalue weighted by Gasteiger charge is -2.11. The van der Waals surface area contributed by atoms with Crippen molar-refractivity contribution in [2.24, 2.45) is 0 Å². The highest BCUT2D eigenvalue weighted by atomic mass is 19.4. The van der Waals surface area contributed by atoms with Gasteiger partial charge in [-0.1, -0.05) is 6.07 Å². The van der Waals surface area contributed by atoms with E-state index in [0.717, 1.165) is 10.5 Å². The Hall–Kier alpha value is -1.56. The molecular weight excluding hydrogens is 233 g/mol. The van der Waals surface area contributed by atoms with E-state index >= 15 is 0 Å². The molecule has 6 heteroatoms. The first-order chi connectivity index (χ1) is 8.04. The van der Waals surface area contributed by atoms with Crippen molar-refractivity contribution in [2.75, 3.05) is 6.61 Å². The van der Waals surface area contributed by atoms with Crippen LogP contribution in [0.5, 0.6) is 0 Å². The summed E-state index contributed by atoms with van der Waals surface area (Å²) in [5.41, 5.74) is -0.326. The quantitative estimate of drug-likeness (QED) is 0.899. The number of hydrogen-bond acceptors (Lipinski definition) is 2. The fraction of sp³-hybridized carbons (Fsp3) is 0.364. The lowest BCUT2D eigenvalue weighted by Crippen LogP contribution is -2.13. The van der Waals surface area contributed by atoms with E-state index in [1.165, 1.54) is 12.3 Å². The molecule has 0 bridgehead atoms. The maximum atomic E-state index is 12.8. The highest BCUT2D eigenvalue weighted by molar-refractivity contribution is 5.48. The summed E-state index contributed by atoms with van der Waals surface area (Å²) < 4.78 is 39.5. The Balaban J connectivity index is 2.56. The van der Waals surface area contributed by atoms with Crippen molar-refractivity contribution >= 4 is 5.52 Å². The number of aliphatic hydroxyl groups excluding tert-OH is 1. The summed E-state index contributed by atoms with van der Waals surface area (Å²) >= 11 is 0. The molecule has 0 atom stereocenters. The van der Waals surface area contributed by atoms with E-state index in [0.29, 0.717) is 24.2 Å². The number of imidazole rings is 1. The number of pyridine rings is 1. The van der Waals surface area contributed by atoms with Gasteiger partial charge in [-0.2, -0.15) is 13.2 Å². The van der Waals surface area contributed by atoms with Gasteiger partial charge in [0.2, 0.25) is 0 Å². The van der Waals surface area contributed by atoms with Gasteiger partial charge in [0, 0.05) is 13.0 Å². The second kappa shape index (κ2) is 4.37. The van der Waals surface area contributed by atoms with Gasteiger partial charge in [-0.3, -0.25) is 4.40 Å². The van der Waals surface area contributed by atoms with Gasteiger partial charge in [0.05, 0.1) is 11.7 Å². The van der Waals surface area contributed by atoms with E-state index in [2.05, 4.69) is 4.98 Å². The van der Waals surface area contributed by atoms with Crippen LogP contribution in [0.3, 0.4) is 0 Å². The molecule has 0 unspecified atom stereocenters. The van der Waals surface area contributed by atoms with Crippen molar-refractivity contribution < 1.29 is 18.3 Å². The molecule has 0 radical (unpaired) electrons. The van der Waals surface area contributed by atoms with Gasteiger partial charge in [0.25, 0.3) is 0 Å². The Kier molecular flexibility index (Phi) is 3.06. The zero-order chi connectivity index (χ0) is 12.5. The van der Waals surface area contributed by atoms with Gasteiger partial charge in [0.1, 0.15) is 11.5 Å². The predicted molar refractivity (Wildman–Crippen MR) is 55.6 cm³/mol. The van der Waals surface area contributed by atoms with Gasteiger partial charge in [-0.25, -0.2) is 4.98 Å². The molecule has 2 rings (SSSR count). The first-order valence-corrected chi connectivity index (χ1v) is 5.17. The SMILES string of the molecule is OCCCc1ncc2cccc(C(F)(F)F)n12. The average molecular weight is 244 g/mol. The van der Waals surface area contributed by atoms with Crippen LogP contribution in [0, 0.1) is 0 Å². The number of halogens is 3. The van der Waals surface area contributed by atoms with E-state index in [1.807, 2.05) is 0 Å². The smallest absolute Gasteiger partial charge is 0.396 e. The van der Waals surface area contributed by atoms with Crippen LogP contribution in [-0.2, 0) is 12.6 Å². The highest BCUT2D eigenvalue weighted by Crippen LogP contribution is 2.30. The highest BCUT2D eigenvalue weighted by Gasteiger charge is 2.33. The third kappa shape index (κ3) is 2.26. The fourth-order valence-electron chi connectivity index (χ4n) is 1.75. The van der Waals surface area contributed by atoms with Crippen LogP contribution in [0.4, 0.5) is 13.2 Å². The van der Waals surface area contributed by atoms with Crippen LogP contribution in [-0.4, -0.2) is 21.1 Å². The Morgan fingerprint density at radius 2 is 2.06 bits per heavy atom. The molecule has 0 aliphatic carbocycles. The molecule has 0 aliphatic rings. The largest absolute Gasteiger partial charge is 0.431 e. The number of nitrogens with zero attached hydrogens (tertiary/aromatic N) is 2. The van der Waals surface area contributed by atoms with Crippen molar-refractivity contribution in [3.05, 3.63) is 35.9 Å². The minimum atomic E-state index is -4.41. The predicted octanol–water partition coefficient (Wildman–Crippen LogP) is 2.28. The van der Waals surface area contributed by atoms with Crippen LogP contribution < -0.4 is 0 Å². The number of aliphatic hydroxyl groups is 1. The molecule has 0 saturated carbocycles. The summed E-state index contributed by atoms with van der Waals surface area (Å²) in [6.07, 6.45) is -2.29. The van der Waals surface area contributed by atoms with Gasteiger partial charge in [0.15, 0.2) is 0 Å². The molecule has 92 valence electrons. The molecule has 2 heterocycles. The van der Waals surface area contributed by atoms with Crippen LogP contribution in [0.15, 0.2) is 24.4 Å². The molecule has 0 fully saturated rings. The van der Waals surface area contributed by atoms with E-state index < -0.39 is 11.9 Å². The van der Waals surface area contributed by atoms with Crippen molar-refractivity contribution in [3.63, 3.8) is 0 Å². The number of alkyl halides is 3. The first kappa shape index (κ1) is 11.9. The van der Waals surface area contributed by atoms with Crippen LogP contribution >= 0.6 is 0 Å². The van der Waals surface area contributed by atoms with Crippen LogP contribution in [0.25, 0.3) is 5.52 Å². The summed E-state index contributed by atoms with van der Waals surface area (Å²) in [6, 6.07) is 3.96. The normalized spacial score (nSPS) is 12.2. The monoisotopic (exact) mass is 244 g/mol. The lowest BCUT2D eigenvalue weighted by atomic mass is 10.2. The number of aromatic nitrogens is 2. The summed E-state index contributed by atoms with van der Waals surface area (Å²) in [7, 11) is 0. The Bertz CT molecular complexity index is 519. The summed E-state index contributed by atoms with van der Waals surface area (Å²) in [5.74, 6) is 0.321. The Labute approximate surface area is 95.5 Å². The molecule has 0 aliphatic heterocycles. The van der Waals surface area contributed by atoms with Gasteiger partial charge in [-0.15, -0.1) is 0 Å². The van der Waals surface area contributed by atoms with E-state index in [1.54, 1.807) is 6.07 Å². The Morgan fingerprint density at radius 3 is 2.71 bits per heavy atom. The van der Waals surface area contributed by atoms with Crippen molar-refractivity contribution in [2.45, 2.75) is 19.0 Å². The summed E-state index contributed by atoms with van der Waals surface area (Å²) in [5, 5.41) is 8.71. The molecule has 2 aromatic rings. The van der Waals surface area contributed by atoms with Crippen molar-refractivity contribution in [3.8, 4) is 0 Å². The summed E-state index contributed by atoms with van der Waals surface area (Å²) in [6.45, 7) is -0.0664. The third-order valence-electron chi connectivity index (χ3n) is 2.47. The topological polar surface area (TPSA) is 37.5 Å². The maximum Gasteiger partial charge on any atom is 0.431 e. The molecule has 3 nitrogen and oxygen atoms in total. The Morgan fingerprint density at radius 1 is 1.29 bits per heavy atom. The minimum Gasteiger partial charge on any atom is -0.396 e. The third-order valence-corrected chi connectivity index (χ3v) is 2.47. The lowest BCUT2D eigenvalue weighted by molar-refractivity contribution is -0.142. The van der Waals surface area contributed by atoms with Crippen LogP contribution in [0.1, 0.15) is 17.9 Å². The molecule has 0 saturated heterocycles. The molecular formula is C11H11F3N2O.